The molecular formula is C21H22N4O4. The molecule has 2 amide bonds. The molecule has 0 saturated carbocycles. The molecule has 2 N–H and O–H groups in total. The molecule has 0 radical (unpaired) electrons. The van der Waals surface area contributed by atoms with Crippen molar-refractivity contribution in [2.24, 2.45) is 7.05 Å². The summed E-state index contributed by atoms with van der Waals surface area (Å²) in [6.07, 6.45) is 2.92. The van der Waals surface area contributed by atoms with Crippen molar-refractivity contribution in [1.82, 2.24) is 20.4 Å². The Morgan fingerprint density at radius 1 is 1.07 bits per heavy atom. The first kappa shape index (κ1) is 19.9. The Labute approximate surface area is 168 Å². The van der Waals surface area contributed by atoms with Gasteiger partial charge in [-0.25, -0.2) is 4.98 Å². The van der Waals surface area contributed by atoms with E-state index in [-0.39, 0.29) is 12.3 Å². The van der Waals surface area contributed by atoms with E-state index in [2.05, 4.69) is 15.8 Å². The van der Waals surface area contributed by atoms with Gasteiger partial charge in [-0.3, -0.25) is 20.4 Å². The molecule has 0 aliphatic rings. The van der Waals surface area contributed by atoms with Crippen LogP contribution >= 0.6 is 0 Å². The summed E-state index contributed by atoms with van der Waals surface area (Å²) >= 11 is 0. The number of nitrogens with one attached hydrogen (secondary N) is 2. The molecule has 1 aromatic heterocycles. The standard InChI is InChI=1S/C21H22N4O4/c1-25-16-9-5-4-8-15(16)22-18(25)13-20(27)24-23-19(26)12-11-14-7-6-10-17(28-2)21(14)29-3/h4-12H,13H2,1-3H3,(H,23,26)(H,24,27). The zero-order valence-corrected chi connectivity index (χ0v) is 16.4. The molecule has 0 atom stereocenters. The Balaban J connectivity index is 1.58. The van der Waals surface area contributed by atoms with Crippen molar-refractivity contribution >= 4 is 28.9 Å². The monoisotopic (exact) mass is 394 g/mol. The minimum Gasteiger partial charge on any atom is -0.493 e. The molecule has 0 fully saturated rings. The number of amides is 2. The predicted molar refractivity (Wildman–Crippen MR) is 109 cm³/mol. The van der Waals surface area contributed by atoms with Crippen LogP contribution in [0.5, 0.6) is 11.5 Å². The molecule has 0 bridgehead atoms. The summed E-state index contributed by atoms with van der Waals surface area (Å²) in [6, 6.07) is 13.0. The second-order valence-corrected chi connectivity index (χ2v) is 6.21. The normalized spacial score (nSPS) is 10.9. The smallest absolute Gasteiger partial charge is 0.262 e. The summed E-state index contributed by atoms with van der Waals surface area (Å²) in [4.78, 5) is 28.6. The van der Waals surface area contributed by atoms with Crippen LogP contribution in [0, 0.1) is 0 Å². The van der Waals surface area contributed by atoms with Gasteiger partial charge in [-0.05, 0) is 24.3 Å². The van der Waals surface area contributed by atoms with Gasteiger partial charge in [0, 0.05) is 18.7 Å². The number of aryl methyl sites for hydroxylation is 1. The topological polar surface area (TPSA) is 94.5 Å². The van der Waals surface area contributed by atoms with E-state index in [1.807, 2.05) is 35.9 Å². The van der Waals surface area contributed by atoms with Crippen LogP contribution in [0.3, 0.4) is 0 Å². The highest BCUT2D eigenvalue weighted by molar-refractivity contribution is 5.93. The number of imidazole rings is 1. The number of hydrogen-bond acceptors (Lipinski definition) is 5. The molecule has 8 heteroatoms. The third kappa shape index (κ3) is 4.55. The lowest BCUT2D eigenvalue weighted by Gasteiger charge is -2.10. The minimum absolute atomic E-state index is 0.0406. The molecule has 3 aromatic rings. The van der Waals surface area contributed by atoms with Crippen molar-refractivity contribution in [1.29, 1.82) is 0 Å². The lowest BCUT2D eigenvalue weighted by atomic mass is 10.1. The number of benzene rings is 2. The molecule has 0 aliphatic heterocycles. The third-order valence-corrected chi connectivity index (χ3v) is 4.37. The maximum Gasteiger partial charge on any atom is 0.262 e. The Morgan fingerprint density at radius 3 is 2.59 bits per heavy atom. The van der Waals surface area contributed by atoms with Crippen molar-refractivity contribution in [2.45, 2.75) is 6.42 Å². The fourth-order valence-electron chi connectivity index (χ4n) is 2.92. The highest BCUT2D eigenvalue weighted by atomic mass is 16.5. The van der Waals surface area contributed by atoms with Crippen LogP contribution < -0.4 is 20.3 Å². The highest BCUT2D eigenvalue weighted by Crippen LogP contribution is 2.31. The van der Waals surface area contributed by atoms with Crippen molar-refractivity contribution < 1.29 is 19.1 Å². The van der Waals surface area contributed by atoms with E-state index in [0.717, 1.165) is 11.0 Å². The van der Waals surface area contributed by atoms with Crippen LogP contribution in [0.1, 0.15) is 11.4 Å². The van der Waals surface area contributed by atoms with Crippen LogP contribution in [0.25, 0.3) is 17.1 Å². The summed E-state index contributed by atoms with van der Waals surface area (Å²) in [6.45, 7) is 0. The number of hydrogen-bond donors (Lipinski definition) is 2. The maximum absolute atomic E-state index is 12.2. The summed E-state index contributed by atoms with van der Waals surface area (Å²) in [7, 11) is 4.91. The zero-order chi connectivity index (χ0) is 20.8. The van der Waals surface area contributed by atoms with E-state index in [4.69, 9.17) is 9.47 Å². The quantitative estimate of drug-likeness (QED) is 0.493. The van der Waals surface area contributed by atoms with Gasteiger partial charge < -0.3 is 14.0 Å². The lowest BCUT2D eigenvalue weighted by Crippen LogP contribution is -2.41. The van der Waals surface area contributed by atoms with Gasteiger partial charge in [-0.15, -0.1) is 0 Å². The fourth-order valence-corrected chi connectivity index (χ4v) is 2.92. The summed E-state index contributed by atoms with van der Waals surface area (Å²) < 4.78 is 12.4. The highest BCUT2D eigenvalue weighted by Gasteiger charge is 2.12. The number of hydrazine groups is 1. The van der Waals surface area contributed by atoms with E-state index in [1.165, 1.54) is 20.3 Å². The van der Waals surface area contributed by atoms with E-state index in [0.29, 0.717) is 22.9 Å². The molecule has 3 rings (SSSR count). The molecule has 0 spiro atoms. The molecule has 1 heterocycles. The van der Waals surface area contributed by atoms with Crippen molar-refractivity contribution in [3.8, 4) is 11.5 Å². The number of nitrogens with zero attached hydrogens (tertiary/aromatic N) is 2. The Kier molecular flexibility index (Phi) is 6.13. The van der Waals surface area contributed by atoms with Crippen molar-refractivity contribution in [3.63, 3.8) is 0 Å². The van der Waals surface area contributed by atoms with Crippen LogP contribution in [-0.4, -0.2) is 35.6 Å². The van der Waals surface area contributed by atoms with Crippen LogP contribution in [0.4, 0.5) is 0 Å². The van der Waals surface area contributed by atoms with Crippen LogP contribution in [0.15, 0.2) is 48.5 Å². The van der Waals surface area contributed by atoms with Gasteiger partial charge in [-0.2, -0.15) is 0 Å². The van der Waals surface area contributed by atoms with Crippen molar-refractivity contribution in [3.05, 3.63) is 59.9 Å². The molecule has 2 aromatic carbocycles. The van der Waals surface area contributed by atoms with Gasteiger partial charge in [0.05, 0.1) is 31.7 Å². The van der Waals surface area contributed by atoms with E-state index in [9.17, 15) is 9.59 Å². The number of para-hydroxylation sites is 3. The number of rotatable bonds is 6. The third-order valence-electron chi connectivity index (χ3n) is 4.37. The first-order chi connectivity index (χ1) is 14.0. The molecule has 0 saturated heterocycles. The van der Waals surface area contributed by atoms with Gasteiger partial charge in [-0.1, -0.05) is 24.3 Å². The zero-order valence-electron chi connectivity index (χ0n) is 16.4. The Morgan fingerprint density at radius 2 is 1.86 bits per heavy atom. The summed E-state index contributed by atoms with van der Waals surface area (Å²) in [5, 5.41) is 0. The van der Waals surface area contributed by atoms with Gasteiger partial charge >= 0.3 is 0 Å². The predicted octanol–water partition coefficient (Wildman–Crippen LogP) is 1.99. The molecule has 29 heavy (non-hydrogen) atoms. The van der Waals surface area contributed by atoms with E-state index in [1.54, 1.807) is 24.3 Å². The van der Waals surface area contributed by atoms with E-state index >= 15 is 0 Å². The van der Waals surface area contributed by atoms with Crippen LogP contribution in [0.2, 0.25) is 0 Å². The SMILES string of the molecule is COc1cccc(C=CC(=O)NNC(=O)Cc2nc3ccccc3n2C)c1OC. The summed E-state index contributed by atoms with van der Waals surface area (Å²) in [5.74, 6) is 0.836. The second-order valence-electron chi connectivity index (χ2n) is 6.21. The average molecular weight is 394 g/mol. The van der Waals surface area contributed by atoms with Gasteiger partial charge in [0.15, 0.2) is 11.5 Å². The van der Waals surface area contributed by atoms with Crippen LogP contribution in [-0.2, 0) is 23.1 Å². The van der Waals surface area contributed by atoms with Gasteiger partial charge in [0.25, 0.3) is 5.91 Å². The van der Waals surface area contributed by atoms with E-state index < -0.39 is 5.91 Å². The molecule has 0 aliphatic carbocycles. The maximum atomic E-state index is 12.2. The number of aromatic nitrogens is 2. The number of methoxy groups -OCH3 is 2. The number of ether oxygens (including phenoxy) is 2. The van der Waals surface area contributed by atoms with Gasteiger partial charge in [0.1, 0.15) is 5.82 Å². The summed E-state index contributed by atoms with van der Waals surface area (Å²) in [5.41, 5.74) is 7.18. The molecule has 150 valence electrons. The first-order valence-corrected chi connectivity index (χ1v) is 8.91. The molecule has 0 unspecified atom stereocenters. The van der Waals surface area contributed by atoms with Crippen molar-refractivity contribution in [2.75, 3.05) is 14.2 Å². The number of carbonyl (C=O) groups is 2. The average Bonchev–Trinajstić information content (AvgIpc) is 3.05. The lowest BCUT2D eigenvalue weighted by molar-refractivity contribution is -0.126. The Hall–Kier alpha value is -3.81. The van der Waals surface area contributed by atoms with Gasteiger partial charge in [0.2, 0.25) is 5.91 Å². The first-order valence-electron chi connectivity index (χ1n) is 8.91. The fraction of sp³-hybridized carbons (Fsp3) is 0.190. The number of carbonyl (C=O) groups excluding carboxylic acids is 2. The number of fused-ring (bicyclic) bond motifs is 1. The largest absolute Gasteiger partial charge is 0.493 e. The Bertz CT molecular complexity index is 1070. The molecule has 8 nitrogen and oxygen atoms in total. The minimum atomic E-state index is -0.478. The molecular weight excluding hydrogens is 372 g/mol. The second kappa shape index (κ2) is 8.92.